The Morgan fingerprint density at radius 1 is 0.647 bits per heavy atom. The van der Waals surface area contributed by atoms with E-state index < -0.39 is 0 Å². The molecule has 0 spiro atoms. The molecule has 0 unspecified atom stereocenters. The van der Waals surface area contributed by atoms with E-state index in [1.807, 2.05) is 0 Å². The molecule has 0 radical (unpaired) electrons. The first-order valence-electron chi connectivity index (χ1n) is 6.89. The molecule has 0 rings (SSSR count). The number of unbranched alkanes of at least 4 members (excludes halogenated alkanes) is 7. The van der Waals surface area contributed by atoms with Gasteiger partial charge in [0.05, 0.1) is 0 Å². The molecule has 17 heavy (non-hydrogen) atoms. The largest absolute Gasteiger partial charge is 0.127 e. The maximum absolute atomic E-state index is 5.60. The van der Waals surface area contributed by atoms with E-state index in [1.165, 1.54) is 32.1 Å². The van der Waals surface area contributed by atoms with E-state index in [9.17, 15) is 0 Å². The summed E-state index contributed by atoms with van der Waals surface area (Å²) in [5.74, 6) is 13.5. The fourth-order valence-corrected chi connectivity index (χ4v) is 1.59. The highest BCUT2D eigenvalue weighted by Crippen LogP contribution is 2.03. The van der Waals surface area contributed by atoms with E-state index in [0.717, 1.165) is 38.0 Å². The Hall–Kier alpha value is -0.590. The van der Waals surface area contributed by atoms with Crippen LogP contribution in [-0.4, -0.2) is 5.88 Å². The molecule has 0 aliphatic carbocycles. The molecule has 0 bridgehead atoms. The number of rotatable bonds is 8. The zero-order valence-electron chi connectivity index (χ0n) is 11.2. The molecule has 0 amide bonds. The number of hydrogen-bond acceptors (Lipinski definition) is 0. The lowest BCUT2D eigenvalue weighted by molar-refractivity contribution is 0.682. The molecule has 0 saturated carbocycles. The second kappa shape index (κ2) is 15.4. The van der Waals surface area contributed by atoms with Crippen LogP contribution in [0.3, 0.4) is 0 Å². The maximum Gasteiger partial charge on any atom is 0.0223 e. The summed E-state index contributed by atoms with van der Waals surface area (Å²) in [5.41, 5.74) is 0. The predicted octanol–water partition coefficient (Wildman–Crippen LogP) is 5.15. The molecule has 0 aromatic rings. The monoisotopic (exact) mass is 252 g/mol. The highest BCUT2D eigenvalue weighted by atomic mass is 35.5. The van der Waals surface area contributed by atoms with Gasteiger partial charge < -0.3 is 0 Å². The molecule has 0 nitrogen and oxygen atoms in total. The fourth-order valence-electron chi connectivity index (χ4n) is 1.41. The van der Waals surface area contributed by atoms with E-state index in [0.29, 0.717) is 0 Å². The summed E-state index contributed by atoms with van der Waals surface area (Å²) in [6.07, 6.45) is 11.3. The fraction of sp³-hybridized carbons (Fsp3) is 0.750. The lowest BCUT2D eigenvalue weighted by atomic mass is 10.1. The summed E-state index contributed by atoms with van der Waals surface area (Å²) in [6, 6.07) is 0. The summed E-state index contributed by atoms with van der Waals surface area (Å²) in [7, 11) is 0. The first-order valence-corrected chi connectivity index (χ1v) is 7.42. The van der Waals surface area contributed by atoms with E-state index in [-0.39, 0.29) is 0 Å². The predicted molar refractivity (Wildman–Crippen MR) is 78.1 cm³/mol. The molecule has 0 aliphatic rings. The van der Waals surface area contributed by atoms with Crippen LogP contribution in [-0.2, 0) is 0 Å². The van der Waals surface area contributed by atoms with Gasteiger partial charge in [0, 0.05) is 31.6 Å². The zero-order valence-corrected chi connectivity index (χ0v) is 11.9. The van der Waals surface area contributed by atoms with Crippen molar-refractivity contribution in [2.24, 2.45) is 0 Å². The minimum atomic E-state index is 0.794. The van der Waals surface area contributed by atoms with E-state index in [1.54, 1.807) is 0 Å². The second-order valence-corrected chi connectivity index (χ2v) is 4.54. The molecule has 96 valence electrons. The van der Waals surface area contributed by atoms with Gasteiger partial charge in [-0.25, -0.2) is 0 Å². The van der Waals surface area contributed by atoms with Crippen LogP contribution in [0.25, 0.3) is 0 Å². The van der Waals surface area contributed by atoms with Crippen molar-refractivity contribution in [3.63, 3.8) is 0 Å². The van der Waals surface area contributed by atoms with Gasteiger partial charge in [-0.1, -0.05) is 26.2 Å². The van der Waals surface area contributed by atoms with Crippen LogP contribution in [0, 0.1) is 23.7 Å². The molecular formula is C16H25Cl. The number of halogens is 1. The summed E-state index contributed by atoms with van der Waals surface area (Å²) >= 11 is 5.60. The van der Waals surface area contributed by atoms with Gasteiger partial charge in [0.1, 0.15) is 0 Å². The minimum Gasteiger partial charge on any atom is -0.127 e. The van der Waals surface area contributed by atoms with Crippen molar-refractivity contribution in [1.82, 2.24) is 0 Å². The average molecular weight is 253 g/mol. The van der Waals surface area contributed by atoms with E-state index in [2.05, 4.69) is 30.6 Å². The van der Waals surface area contributed by atoms with E-state index >= 15 is 0 Å². The van der Waals surface area contributed by atoms with Crippen LogP contribution in [0.5, 0.6) is 0 Å². The number of alkyl halides is 1. The van der Waals surface area contributed by atoms with Crippen LogP contribution < -0.4 is 0 Å². The summed E-state index contributed by atoms with van der Waals surface area (Å²) in [6.45, 7) is 2.19. The summed E-state index contributed by atoms with van der Waals surface area (Å²) in [4.78, 5) is 0. The smallest absolute Gasteiger partial charge is 0.0223 e. The summed E-state index contributed by atoms with van der Waals surface area (Å²) in [5, 5.41) is 0. The van der Waals surface area contributed by atoms with Gasteiger partial charge in [0.2, 0.25) is 0 Å². The third kappa shape index (κ3) is 15.4. The Balaban J connectivity index is 3.21. The molecule has 0 fully saturated rings. The van der Waals surface area contributed by atoms with Gasteiger partial charge >= 0.3 is 0 Å². The van der Waals surface area contributed by atoms with Gasteiger partial charge in [-0.3, -0.25) is 0 Å². The van der Waals surface area contributed by atoms with Gasteiger partial charge in [-0.15, -0.1) is 35.3 Å². The van der Waals surface area contributed by atoms with Crippen molar-refractivity contribution in [2.45, 2.75) is 71.1 Å². The Morgan fingerprint density at radius 3 is 1.76 bits per heavy atom. The van der Waals surface area contributed by atoms with Gasteiger partial charge in [0.25, 0.3) is 0 Å². The van der Waals surface area contributed by atoms with Crippen LogP contribution in [0.15, 0.2) is 0 Å². The molecule has 0 N–H and O–H groups in total. The molecule has 0 aromatic heterocycles. The normalized spacial score (nSPS) is 9.06. The SMILES string of the molecule is CCCCC#CCCC#CCCCCCCCl. The third-order valence-electron chi connectivity index (χ3n) is 2.47. The lowest BCUT2D eigenvalue weighted by Gasteiger charge is -1.93. The molecule has 0 aromatic carbocycles. The first-order chi connectivity index (χ1) is 8.41. The summed E-state index contributed by atoms with van der Waals surface area (Å²) < 4.78 is 0. The van der Waals surface area contributed by atoms with E-state index in [4.69, 9.17) is 11.6 Å². The Morgan fingerprint density at radius 2 is 1.18 bits per heavy atom. The molecule has 1 heteroatoms. The van der Waals surface area contributed by atoms with Gasteiger partial charge in [-0.2, -0.15) is 0 Å². The van der Waals surface area contributed by atoms with Crippen LogP contribution in [0.4, 0.5) is 0 Å². The maximum atomic E-state index is 5.60. The van der Waals surface area contributed by atoms with Gasteiger partial charge in [-0.05, 0) is 19.3 Å². The van der Waals surface area contributed by atoms with Crippen molar-refractivity contribution in [1.29, 1.82) is 0 Å². The second-order valence-electron chi connectivity index (χ2n) is 4.16. The highest BCUT2D eigenvalue weighted by molar-refractivity contribution is 6.17. The number of hydrogen-bond donors (Lipinski definition) is 0. The average Bonchev–Trinajstić information content (AvgIpc) is 2.35. The van der Waals surface area contributed by atoms with Crippen LogP contribution >= 0.6 is 11.6 Å². The van der Waals surface area contributed by atoms with Gasteiger partial charge in [0.15, 0.2) is 0 Å². The molecule has 0 heterocycles. The Bertz CT molecular complexity index is 259. The van der Waals surface area contributed by atoms with Crippen molar-refractivity contribution in [2.75, 3.05) is 5.88 Å². The van der Waals surface area contributed by atoms with Crippen molar-refractivity contribution in [3.05, 3.63) is 0 Å². The molecule has 0 saturated heterocycles. The topological polar surface area (TPSA) is 0 Å². The van der Waals surface area contributed by atoms with Crippen molar-refractivity contribution < 1.29 is 0 Å². The Labute approximate surface area is 113 Å². The minimum absolute atomic E-state index is 0.794. The Kier molecular flexibility index (Phi) is 14.9. The van der Waals surface area contributed by atoms with Crippen LogP contribution in [0.1, 0.15) is 71.1 Å². The lowest BCUT2D eigenvalue weighted by Crippen LogP contribution is -1.78. The van der Waals surface area contributed by atoms with Crippen molar-refractivity contribution in [3.8, 4) is 23.7 Å². The van der Waals surface area contributed by atoms with Crippen LogP contribution in [0.2, 0.25) is 0 Å². The molecule has 0 atom stereocenters. The standard InChI is InChI=1S/C16H25Cl/c1-2-3-4-5-6-7-8-9-10-11-12-13-14-15-16-17/h2-4,7-8,11-16H2,1H3. The first kappa shape index (κ1) is 16.4. The zero-order chi connectivity index (χ0) is 12.6. The third-order valence-corrected chi connectivity index (χ3v) is 2.73. The molecule has 0 aliphatic heterocycles. The molecular weight excluding hydrogens is 228 g/mol. The highest BCUT2D eigenvalue weighted by Gasteiger charge is 1.86. The van der Waals surface area contributed by atoms with Crippen molar-refractivity contribution >= 4 is 11.6 Å². The quantitative estimate of drug-likeness (QED) is 0.318.